The average molecular weight is 198 g/mol. The lowest BCUT2D eigenvalue weighted by Gasteiger charge is -2.30. The summed E-state index contributed by atoms with van der Waals surface area (Å²) >= 11 is 0. The first kappa shape index (κ1) is 11.7. The van der Waals surface area contributed by atoms with Crippen molar-refractivity contribution >= 4 is 5.78 Å². The summed E-state index contributed by atoms with van der Waals surface area (Å²) in [6, 6.07) is 0. The van der Waals surface area contributed by atoms with Gasteiger partial charge in [0.2, 0.25) is 0 Å². The van der Waals surface area contributed by atoms with Gasteiger partial charge in [0.25, 0.3) is 0 Å². The Morgan fingerprint density at radius 3 is 2.29 bits per heavy atom. The molecule has 0 spiro atoms. The van der Waals surface area contributed by atoms with E-state index in [1.807, 2.05) is 0 Å². The Balaban J connectivity index is 2.33. The number of hydrogen-bond donors (Lipinski definition) is 0. The van der Waals surface area contributed by atoms with Gasteiger partial charge in [0.05, 0.1) is 0 Å². The van der Waals surface area contributed by atoms with Gasteiger partial charge in [-0.15, -0.1) is 0 Å². The number of carbonyl (C=O) groups is 1. The predicted octanol–water partition coefficient (Wildman–Crippen LogP) is 2.66. The molecule has 14 heavy (non-hydrogen) atoms. The second-order valence-electron chi connectivity index (χ2n) is 4.96. The van der Waals surface area contributed by atoms with Gasteiger partial charge in [0.1, 0.15) is 6.61 Å². The summed E-state index contributed by atoms with van der Waals surface area (Å²) in [4.78, 5) is 11.4. The molecule has 0 heterocycles. The zero-order chi connectivity index (χ0) is 10.6. The summed E-state index contributed by atoms with van der Waals surface area (Å²) in [6.07, 6.45) is 4.50. The van der Waals surface area contributed by atoms with Crippen LogP contribution in [0.25, 0.3) is 0 Å². The van der Waals surface area contributed by atoms with Crippen molar-refractivity contribution in [1.29, 1.82) is 0 Å². The molecular weight excluding hydrogens is 176 g/mol. The lowest BCUT2D eigenvalue weighted by atomic mass is 9.75. The molecule has 2 nitrogen and oxygen atoms in total. The van der Waals surface area contributed by atoms with E-state index in [0.29, 0.717) is 12.5 Å². The van der Waals surface area contributed by atoms with Crippen molar-refractivity contribution < 1.29 is 9.53 Å². The summed E-state index contributed by atoms with van der Waals surface area (Å²) in [7, 11) is 1.59. The van der Waals surface area contributed by atoms with Crippen LogP contribution in [0.4, 0.5) is 0 Å². The molecule has 82 valence electrons. The Labute approximate surface area is 87.0 Å². The van der Waals surface area contributed by atoms with Crippen LogP contribution >= 0.6 is 0 Å². The average Bonchev–Trinajstić information content (AvgIpc) is 2.01. The molecule has 1 aliphatic carbocycles. The van der Waals surface area contributed by atoms with Crippen molar-refractivity contribution in [2.24, 2.45) is 17.8 Å². The fraction of sp³-hybridized carbons (Fsp3) is 0.917. The van der Waals surface area contributed by atoms with Gasteiger partial charge in [-0.2, -0.15) is 0 Å². The quantitative estimate of drug-likeness (QED) is 0.694. The van der Waals surface area contributed by atoms with E-state index in [0.717, 1.165) is 18.3 Å². The van der Waals surface area contributed by atoms with Gasteiger partial charge in [-0.05, 0) is 37.0 Å². The SMILES string of the molecule is COCC(=O)CC1CC(C)CC(C)C1. The van der Waals surface area contributed by atoms with Crippen molar-refractivity contribution in [3.63, 3.8) is 0 Å². The first-order valence-corrected chi connectivity index (χ1v) is 5.62. The topological polar surface area (TPSA) is 26.3 Å². The van der Waals surface area contributed by atoms with Crippen LogP contribution in [-0.4, -0.2) is 19.5 Å². The number of ketones is 1. The third kappa shape index (κ3) is 3.79. The summed E-state index contributed by atoms with van der Waals surface area (Å²) < 4.78 is 4.85. The van der Waals surface area contributed by atoms with Gasteiger partial charge < -0.3 is 4.74 Å². The molecule has 1 rings (SSSR count). The number of Topliss-reactive ketones (excluding diaryl/α,β-unsaturated/α-hetero) is 1. The normalized spacial score (nSPS) is 32.9. The molecule has 1 saturated carbocycles. The van der Waals surface area contributed by atoms with Gasteiger partial charge in [-0.3, -0.25) is 4.79 Å². The Hall–Kier alpha value is -0.370. The third-order valence-electron chi connectivity index (χ3n) is 3.10. The van der Waals surface area contributed by atoms with Gasteiger partial charge in [0, 0.05) is 13.5 Å². The Bertz CT molecular complexity index is 179. The van der Waals surface area contributed by atoms with Crippen LogP contribution in [0.1, 0.15) is 39.5 Å². The molecule has 0 bridgehead atoms. The number of hydrogen-bond acceptors (Lipinski definition) is 2. The fourth-order valence-electron chi connectivity index (χ4n) is 2.82. The highest BCUT2D eigenvalue weighted by atomic mass is 16.5. The predicted molar refractivity (Wildman–Crippen MR) is 57.2 cm³/mol. The van der Waals surface area contributed by atoms with Crippen LogP contribution < -0.4 is 0 Å². The van der Waals surface area contributed by atoms with Crippen LogP contribution in [0.3, 0.4) is 0 Å². The Morgan fingerprint density at radius 2 is 1.79 bits per heavy atom. The highest BCUT2D eigenvalue weighted by Crippen LogP contribution is 2.34. The van der Waals surface area contributed by atoms with Gasteiger partial charge >= 0.3 is 0 Å². The maximum atomic E-state index is 11.4. The molecule has 2 atom stereocenters. The molecule has 0 N–H and O–H groups in total. The van der Waals surface area contributed by atoms with Crippen molar-refractivity contribution in [2.75, 3.05) is 13.7 Å². The molecule has 0 amide bonds. The van der Waals surface area contributed by atoms with E-state index < -0.39 is 0 Å². The second kappa shape index (κ2) is 5.50. The molecule has 0 saturated heterocycles. The maximum Gasteiger partial charge on any atom is 0.158 e. The molecule has 0 aromatic rings. The van der Waals surface area contributed by atoms with E-state index >= 15 is 0 Å². The van der Waals surface area contributed by atoms with Crippen molar-refractivity contribution in [3.8, 4) is 0 Å². The zero-order valence-electron chi connectivity index (χ0n) is 9.58. The van der Waals surface area contributed by atoms with E-state index in [4.69, 9.17) is 4.74 Å². The Kier molecular flexibility index (Phi) is 4.59. The number of carbonyl (C=O) groups excluding carboxylic acids is 1. The minimum absolute atomic E-state index is 0.263. The summed E-state index contributed by atoms with van der Waals surface area (Å²) in [5.41, 5.74) is 0. The monoisotopic (exact) mass is 198 g/mol. The molecule has 1 aliphatic rings. The summed E-state index contributed by atoms with van der Waals surface area (Å²) in [5, 5.41) is 0. The number of rotatable bonds is 4. The minimum Gasteiger partial charge on any atom is -0.377 e. The molecule has 0 radical (unpaired) electrons. The van der Waals surface area contributed by atoms with Crippen molar-refractivity contribution in [3.05, 3.63) is 0 Å². The standard InChI is InChI=1S/C12H22O2/c1-9-4-10(2)6-11(5-9)7-12(13)8-14-3/h9-11H,4-8H2,1-3H3. The van der Waals surface area contributed by atoms with Crippen molar-refractivity contribution in [2.45, 2.75) is 39.5 Å². The van der Waals surface area contributed by atoms with E-state index in [1.54, 1.807) is 7.11 Å². The maximum absolute atomic E-state index is 11.4. The smallest absolute Gasteiger partial charge is 0.158 e. The number of methoxy groups -OCH3 is 1. The third-order valence-corrected chi connectivity index (χ3v) is 3.10. The molecule has 0 aromatic carbocycles. The Morgan fingerprint density at radius 1 is 1.21 bits per heavy atom. The molecular formula is C12H22O2. The van der Waals surface area contributed by atoms with Gasteiger partial charge in [-0.25, -0.2) is 0 Å². The minimum atomic E-state index is 0.263. The summed E-state index contributed by atoms with van der Waals surface area (Å²) in [6.45, 7) is 4.88. The summed E-state index contributed by atoms with van der Waals surface area (Å²) in [5.74, 6) is 2.45. The first-order chi connectivity index (χ1) is 6.61. The molecule has 2 unspecified atom stereocenters. The second-order valence-corrected chi connectivity index (χ2v) is 4.96. The van der Waals surface area contributed by atoms with E-state index in [9.17, 15) is 4.79 Å². The van der Waals surface area contributed by atoms with E-state index in [2.05, 4.69) is 13.8 Å². The van der Waals surface area contributed by atoms with Crippen LogP contribution in [0.15, 0.2) is 0 Å². The molecule has 1 fully saturated rings. The zero-order valence-corrected chi connectivity index (χ0v) is 9.58. The first-order valence-electron chi connectivity index (χ1n) is 5.62. The van der Waals surface area contributed by atoms with Gasteiger partial charge in [-0.1, -0.05) is 13.8 Å². The number of ether oxygens (including phenoxy) is 1. The molecule has 0 aliphatic heterocycles. The highest BCUT2D eigenvalue weighted by Gasteiger charge is 2.25. The van der Waals surface area contributed by atoms with Gasteiger partial charge in [0.15, 0.2) is 5.78 Å². The molecule has 2 heteroatoms. The van der Waals surface area contributed by atoms with E-state index in [-0.39, 0.29) is 5.78 Å². The van der Waals surface area contributed by atoms with Crippen LogP contribution in [0, 0.1) is 17.8 Å². The van der Waals surface area contributed by atoms with Crippen LogP contribution in [0.5, 0.6) is 0 Å². The highest BCUT2D eigenvalue weighted by molar-refractivity contribution is 5.79. The fourth-order valence-corrected chi connectivity index (χ4v) is 2.82. The van der Waals surface area contributed by atoms with E-state index in [1.165, 1.54) is 19.3 Å². The lowest BCUT2D eigenvalue weighted by molar-refractivity contribution is -0.124. The van der Waals surface area contributed by atoms with Crippen LogP contribution in [-0.2, 0) is 9.53 Å². The largest absolute Gasteiger partial charge is 0.377 e. The van der Waals surface area contributed by atoms with Crippen LogP contribution in [0.2, 0.25) is 0 Å². The molecule has 0 aromatic heterocycles. The lowest BCUT2D eigenvalue weighted by Crippen LogP contribution is -2.23. The van der Waals surface area contributed by atoms with Crippen molar-refractivity contribution in [1.82, 2.24) is 0 Å².